The lowest BCUT2D eigenvalue weighted by Gasteiger charge is -2.34. The van der Waals surface area contributed by atoms with E-state index in [4.69, 9.17) is 9.47 Å². The minimum Gasteiger partial charge on any atom is -0.486 e. The van der Waals surface area contributed by atoms with Crippen LogP contribution in [0.1, 0.15) is 24.5 Å². The normalized spacial score (nSPS) is 13.0. The SMILES string of the molecule is CCCNC(=O)[C@@H](Cc1ccccc1)N(Cc1ccc(F)cc1)C(=O)CN(c1ccc2c(c1)OCCO2)S(=O)(=O)c1ccccc1. The van der Waals surface area contributed by atoms with E-state index in [0.717, 1.165) is 9.87 Å². The summed E-state index contributed by atoms with van der Waals surface area (Å²) in [6.07, 6.45) is 0.863. The van der Waals surface area contributed by atoms with Crippen molar-refractivity contribution in [2.24, 2.45) is 0 Å². The first-order chi connectivity index (χ1) is 22.3. The van der Waals surface area contributed by atoms with Crippen LogP contribution in [0, 0.1) is 5.82 Å². The Bertz CT molecular complexity index is 1740. The van der Waals surface area contributed by atoms with E-state index in [2.05, 4.69) is 5.32 Å². The number of halogens is 1. The number of nitrogens with zero attached hydrogens (tertiary/aromatic N) is 2. The summed E-state index contributed by atoms with van der Waals surface area (Å²) in [4.78, 5) is 29.6. The largest absolute Gasteiger partial charge is 0.486 e. The summed E-state index contributed by atoms with van der Waals surface area (Å²) >= 11 is 0. The molecule has 2 amide bonds. The monoisotopic (exact) mass is 645 g/mol. The Morgan fingerprint density at radius 3 is 2.17 bits per heavy atom. The maximum Gasteiger partial charge on any atom is 0.264 e. The zero-order valence-corrected chi connectivity index (χ0v) is 26.3. The Labute approximate surface area is 268 Å². The van der Waals surface area contributed by atoms with Gasteiger partial charge in [0.15, 0.2) is 11.5 Å². The molecule has 5 rings (SSSR count). The second-order valence-corrected chi connectivity index (χ2v) is 12.7. The molecular formula is C35H36FN3O6S. The van der Waals surface area contributed by atoms with Crippen molar-refractivity contribution >= 4 is 27.5 Å². The first-order valence-corrected chi connectivity index (χ1v) is 16.5. The summed E-state index contributed by atoms with van der Waals surface area (Å²) in [5.41, 5.74) is 1.59. The standard InChI is InChI=1S/C35H36FN3O6S/c1-2-19-37-35(41)31(22-26-9-5-3-6-10-26)38(24-27-13-15-28(36)16-14-27)34(40)25-39(46(42,43)30-11-7-4-8-12-30)29-17-18-32-33(23-29)45-21-20-44-32/h3-18,23,31H,2,19-22,24-25H2,1H3,(H,37,41)/t31-/m1/s1. The maximum atomic E-state index is 14.5. The molecule has 4 aromatic carbocycles. The van der Waals surface area contributed by atoms with Gasteiger partial charge in [-0.05, 0) is 53.9 Å². The molecule has 1 atom stereocenters. The first-order valence-electron chi connectivity index (χ1n) is 15.1. The number of carbonyl (C=O) groups excluding carboxylic acids is 2. The van der Waals surface area contributed by atoms with Gasteiger partial charge in [-0.15, -0.1) is 0 Å². The van der Waals surface area contributed by atoms with Crippen LogP contribution in [0.4, 0.5) is 10.1 Å². The van der Waals surface area contributed by atoms with E-state index >= 15 is 0 Å². The number of amides is 2. The highest BCUT2D eigenvalue weighted by atomic mass is 32.2. The van der Waals surface area contributed by atoms with E-state index in [1.807, 2.05) is 37.3 Å². The van der Waals surface area contributed by atoms with Crippen LogP contribution in [0.3, 0.4) is 0 Å². The second-order valence-electron chi connectivity index (χ2n) is 10.8. The van der Waals surface area contributed by atoms with Crippen LogP contribution in [-0.4, -0.2) is 57.5 Å². The number of hydrogen-bond acceptors (Lipinski definition) is 6. The third-order valence-electron chi connectivity index (χ3n) is 7.51. The van der Waals surface area contributed by atoms with Crippen LogP contribution in [0.5, 0.6) is 11.5 Å². The van der Waals surface area contributed by atoms with E-state index in [9.17, 15) is 22.4 Å². The molecule has 1 N–H and O–H groups in total. The quantitative estimate of drug-likeness (QED) is 0.221. The number of fused-ring (bicyclic) bond motifs is 1. The van der Waals surface area contributed by atoms with Crippen LogP contribution in [-0.2, 0) is 32.6 Å². The Kier molecular flexibility index (Phi) is 10.5. The third kappa shape index (κ3) is 7.84. The molecule has 1 aliphatic heterocycles. The smallest absolute Gasteiger partial charge is 0.264 e. The fraction of sp³-hybridized carbons (Fsp3) is 0.257. The van der Waals surface area contributed by atoms with Crippen molar-refractivity contribution in [2.45, 2.75) is 37.2 Å². The Morgan fingerprint density at radius 1 is 0.848 bits per heavy atom. The van der Waals surface area contributed by atoms with Gasteiger partial charge < -0.3 is 19.7 Å². The molecule has 0 fully saturated rings. The summed E-state index contributed by atoms with van der Waals surface area (Å²) in [6, 6.07) is 26.4. The van der Waals surface area contributed by atoms with E-state index in [1.54, 1.807) is 42.5 Å². The number of hydrogen-bond donors (Lipinski definition) is 1. The topological polar surface area (TPSA) is 105 Å². The van der Waals surface area contributed by atoms with Crippen molar-refractivity contribution in [2.75, 3.05) is 30.6 Å². The number of rotatable bonds is 13. The number of sulfonamides is 1. The molecule has 240 valence electrons. The molecule has 1 aliphatic rings. The molecule has 11 heteroatoms. The minimum absolute atomic E-state index is 0.00991. The first kappa shape index (κ1) is 32.5. The Balaban J connectivity index is 1.57. The lowest BCUT2D eigenvalue weighted by atomic mass is 10.0. The van der Waals surface area contributed by atoms with Crippen LogP contribution in [0.2, 0.25) is 0 Å². The van der Waals surface area contributed by atoms with Crippen molar-refractivity contribution in [3.63, 3.8) is 0 Å². The number of anilines is 1. The molecule has 1 heterocycles. The van der Waals surface area contributed by atoms with Crippen LogP contribution in [0.25, 0.3) is 0 Å². The van der Waals surface area contributed by atoms with Crippen molar-refractivity contribution in [3.05, 3.63) is 120 Å². The minimum atomic E-state index is -4.27. The molecule has 0 radical (unpaired) electrons. The van der Waals surface area contributed by atoms with Gasteiger partial charge >= 0.3 is 0 Å². The van der Waals surface area contributed by atoms with Gasteiger partial charge in [0.05, 0.1) is 10.6 Å². The summed E-state index contributed by atoms with van der Waals surface area (Å²) in [6.45, 7) is 2.29. The van der Waals surface area contributed by atoms with Gasteiger partial charge in [0.25, 0.3) is 10.0 Å². The van der Waals surface area contributed by atoms with E-state index < -0.39 is 34.3 Å². The lowest BCUT2D eigenvalue weighted by Crippen LogP contribution is -2.53. The summed E-state index contributed by atoms with van der Waals surface area (Å²) in [5, 5.41) is 2.90. The number of nitrogens with one attached hydrogen (secondary N) is 1. The van der Waals surface area contributed by atoms with Crippen molar-refractivity contribution in [1.82, 2.24) is 10.2 Å². The molecule has 9 nitrogen and oxygen atoms in total. The molecule has 0 saturated heterocycles. The van der Waals surface area contributed by atoms with Crippen LogP contribution in [0.15, 0.2) is 108 Å². The summed E-state index contributed by atoms with van der Waals surface area (Å²) < 4.78 is 54.5. The zero-order chi connectivity index (χ0) is 32.5. The third-order valence-corrected chi connectivity index (χ3v) is 9.30. The molecule has 46 heavy (non-hydrogen) atoms. The van der Waals surface area contributed by atoms with Gasteiger partial charge in [0.1, 0.15) is 31.6 Å². The Hall–Kier alpha value is -4.90. The van der Waals surface area contributed by atoms with E-state index in [-0.39, 0.29) is 29.5 Å². The molecule has 4 aromatic rings. The molecule has 0 spiro atoms. The zero-order valence-electron chi connectivity index (χ0n) is 25.5. The fourth-order valence-corrected chi connectivity index (χ4v) is 6.57. The highest BCUT2D eigenvalue weighted by Crippen LogP contribution is 2.36. The van der Waals surface area contributed by atoms with Gasteiger partial charge in [-0.3, -0.25) is 13.9 Å². The van der Waals surface area contributed by atoms with Gasteiger partial charge in [0.2, 0.25) is 11.8 Å². The van der Waals surface area contributed by atoms with Crippen molar-refractivity contribution in [3.8, 4) is 11.5 Å². The van der Waals surface area contributed by atoms with Crippen LogP contribution < -0.4 is 19.1 Å². The maximum absolute atomic E-state index is 14.5. The number of benzene rings is 4. The molecule has 0 unspecified atom stereocenters. The van der Waals surface area contributed by atoms with Gasteiger partial charge in [0, 0.05) is 25.6 Å². The van der Waals surface area contributed by atoms with E-state index in [1.165, 1.54) is 35.2 Å². The van der Waals surface area contributed by atoms with Crippen molar-refractivity contribution < 1.29 is 31.9 Å². The van der Waals surface area contributed by atoms with Gasteiger partial charge in [-0.25, -0.2) is 12.8 Å². The average molecular weight is 646 g/mol. The molecule has 0 saturated carbocycles. The molecule has 0 aromatic heterocycles. The fourth-order valence-electron chi connectivity index (χ4n) is 5.14. The lowest BCUT2D eigenvalue weighted by molar-refractivity contribution is -0.140. The molecule has 0 bridgehead atoms. The highest BCUT2D eigenvalue weighted by molar-refractivity contribution is 7.92. The predicted molar refractivity (Wildman–Crippen MR) is 173 cm³/mol. The number of carbonyl (C=O) groups is 2. The molecule has 0 aliphatic carbocycles. The highest BCUT2D eigenvalue weighted by Gasteiger charge is 2.35. The van der Waals surface area contributed by atoms with Gasteiger partial charge in [-0.1, -0.05) is 67.6 Å². The number of ether oxygens (including phenoxy) is 2. The Morgan fingerprint density at radius 2 is 1.50 bits per heavy atom. The predicted octanol–water partition coefficient (Wildman–Crippen LogP) is 4.96. The average Bonchev–Trinajstić information content (AvgIpc) is 3.09. The van der Waals surface area contributed by atoms with Crippen molar-refractivity contribution in [1.29, 1.82) is 0 Å². The molecular weight excluding hydrogens is 609 g/mol. The van der Waals surface area contributed by atoms with Crippen LogP contribution >= 0.6 is 0 Å². The van der Waals surface area contributed by atoms with E-state index in [0.29, 0.717) is 43.2 Å². The summed E-state index contributed by atoms with van der Waals surface area (Å²) in [5.74, 6) is -0.619. The second kappa shape index (κ2) is 14.9. The summed E-state index contributed by atoms with van der Waals surface area (Å²) in [7, 11) is -4.27. The van der Waals surface area contributed by atoms with Gasteiger partial charge in [-0.2, -0.15) is 0 Å².